The highest BCUT2D eigenvalue weighted by Gasteiger charge is 2.23. The highest BCUT2D eigenvalue weighted by molar-refractivity contribution is 5.92. The maximum Gasteiger partial charge on any atom is 0.244 e. The fourth-order valence-corrected chi connectivity index (χ4v) is 2.29. The van der Waals surface area contributed by atoms with E-state index in [1.54, 1.807) is 18.2 Å². The van der Waals surface area contributed by atoms with E-state index in [9.17, 15) is 9.90 Å². The maximum atomic E-state index is 11.8. The van der Waals surface area contributed by atoms with Gasteiger partial charge in [0.25, 0.3) is 0 Å². The van der Waals surface area contributed by atoms with Gasteiger partial charge in [-0.2, -0.15) is 0 Å². The SMILES string of the molecule is Nc1ccc(/C=C/C(=O)NC2CCCCC2O)cc1. The highest BCUT2D eigenvalue weighted by Crippen LogP contribution is 2.18. The van der Waals surface area contributed by atoms with Gasteiger partial charge in [0.05, 0.1) is 12.1 Å². The Morgan fingerprint density at radius 1 is 1.26 bits per heavy atom. The number of aliphatic hydroxyl groups is 1. The van der Waals surface area contributed by atoms with Gasteiger partial charge < -0.3 is 16.2 Å². The van der Waals surface area contributed by atoms with Crippen molar-refractivity contribution in [1.29, 1.82) is 0 Å². The molecular formula is C15H20N2O2. The van der Waals surface area contributed by atoms with Crippen molar-refractivity contribution < 1.29 is 9.90 Å². The number of nitrogens with one attached hydrogen (secondary N) is 1. The van der Waals surface area contributed by atoms with E-state index in [0.29, 0.717) is 5.69 Å². The number of aliphatic hydroxyl groups excluding tert-OH is 1. The second-order valence-corrected chi connectivity index (χ2v) is 4.97. The number of hydrogen-bond donors (Lipinski definition) is 3. The summed E-state index contributed by atoms with van der Waals surface area (Å²) in [5, 5.41) is 12.6. The van der Waals surface area contributed by atoms with E-state index in [-0.39, 0.29) is 11.9 Å². The number of carbonyl (C=O) groups excluding carboxylic acids is 1. The van der Waals surface area contributed by atoms with E-state index in [2.05, 4.69) is 5.32 Å². The van der Waals surface area contributed by atoms with Crippen LogP contribution in [0.3, 0.4) is 0 Å². The van der Waals surface area contributed by atoms with Gasteiger partial charge in [-0.15, -0.1) is 0 Å². The van der Waals surface area contributed by atoms with E-state index in [1.165, 1.54) is 6.08 Å². The molecule has 0 spiro atoms. The molecule has 0 radical (unpaired) electrons. The zero-order chi connectivity index (χ0) is 13.7. The van der Waals surface area contributed by atoms with Gasteiger partial charge in [0.1, 0.15) is 0 Å². The van der Waals surface area contributed by atoms with Crippen LogP contribution in [0, 0.1) is 0 Å². The van der Waals surface area contributed by atoms with Crippen molar-refractivity contribution in [2.24, 2.45) is 0 Å². The quantitative estimate of drug-likeness (QED) is 0.572. The van der Waals surface area contributed by atoms with Crippen LogP contribution in [-0.2, 0) is 4.79 Å². The van der Waals surface area contributed by atoms with Crippen molar-refractivity contribution in [3.05, 3.63) is 35.9 Å². The van der Waals surface area contributed by atoms with E-state index in [1.807, 2.05) is 12.1 Å². The van der Waals surface area contributed by atoms with Gasteiger partial charge in [-0.3, -0.25) is 4.79 Å². The number of nitrogen functional groups attached to an aromatic ring is 1. The molecule has 1 amide bonds. The lowest BCUT2D eigenvalue weighted by atomic mass is 9.92. The first-order chi connectivity index (χ1) is 9.15. The normalized spacial score (nSPS) is 23.4. The molecule has 1 aliphatic rings. The Hall–Kier alpha value is -1.81. The molecule has 2 atom stereocenters. The van der Waals surface area contributed by atoms with Crippen LogP contribution in [0.2, 0.25) is 0 Å². The number of benzene rings is 1. The van der Waals surface area contributed by atoms with Gasteiger partial charge >= 0.3 is 0 Å². The monoisotopic (exact) mass is 260 g/mol. The first-order valence-electron chi connectivity index (χ1n) is 6.67. The number of carbonyl (C=O) groups is 1. The largest absolute Gasteiger partial charge is 0.399 e. The summed E-state index contributed by atoms with van der Waals surface area (Å²) in [6.45, 7) is 0. The van der Waals surface area contributed by atoms with Crippen molar-refractivity contribution in [3.63, 3.8) is 0 Å². The van der Waals surface area contributed by atoms with Gasteiger partial charge in [-0.25, -0.2) is 0 Å². The molecule has 0 aliphatic heterocycles. The minimum atomic E-state index is -0.414. The second-order valence-electron chi connectivity index (χ2n) is 4.97. The molecule has 1 fully saturated rings. The Morgan fingerprint density at radius 3 is 2.63 bits per heavy atom. The van der Waals surface area contributed by atoms with Crippen molar-refractivity contribution in [1.82, 2.24) is 5.32 Å². The molecule has 19 heavy (non-hydrogen) atoms. The van der Waals surface area contributed by atoms with Crippen LogP contribution >= 0.6 is 0 Å². The standard InChI is InChI=1S/C15H20N2O2/c16-12-8-5-11(6-9-12)7-10-15(19)17-13-3-1-2-4-14(13)18/h5-10,13-14,18H,1-4,16H2,(H,17,19)/b10-7+. The molecule has 0 bridgehead atoms. The van der Waals surface area contributed by atoms with E-state index < -0.39 is 6.10 Å². The lowest BCUT2D eigenvalue weighted by Gasteiger charge is -2.27. The van der Waals surface area contributed by atoms with Crippen LogP contribution < -0.4 is 11.1 Å². The molecule has 4 nitrogen and oxygen atoms in total. The number of anilines is 1. The van der Waals surface area contributed by atoms with Crippen LogP contribution in [-0.4, -0.2) is 23.2 Å². The van der Waals surface area contributed by atoms with Gasteiger partial charge in [0, 0.05) is 11.8 Å². The van der Waals surface area contributed by atoms with Crippen LogP contribution in [0.4, 0.5) is 5.69 Å². The molecule has 4 heteroatoms. The fraction of sp³-hybridized carbons (Fsp3) is 0.400. The van der Waals surface area contributed by atoms with Gasteiger partial charge in [0.2, 0.25) is 5.91 Å². The van der Waals surface area contributed by atoms with Crippen molar-refractivity contribution in [2.45, 2.75) is 37.8 Å². The minimum Gasteiger partial charge on any atom is -0.399 e. The molecule has 2 rings (SSSR count). The zero-order valence-electron chi connectivity index (χ0n) is 10.9. The average molecular weight is 260 g/mol. The van der Waals surface area contributed by atoms with E-state index >= 15 is 0 Å². The summed E-state index contributed by atoms with van der Waals surface area (Å²) in [6, 6.07) is 7.19. The topological polar surface area (TPSA) is 75.4 Å². The summed E-state index contributed by atoms with van der Waals surface area (Å²) in [4.78, 5) is 11.8. The van der Waals surface area contributed by atoms with E-state index in [4.69, 9.17) is 5.73 Å². The third-order valence-corrected chi connectivity index (χ3v) is 3.42. The summed E-state index contributed by atoms with van der Waals surface area (Å²) in [5.74, 6) is -0.164. The fourth-order valence-electron chi connectivity index (χ4n) is 2.29. The van der Waals surface area contributed by atoms with Crippen molar-refractivity contribution >= 4 is 17.7 Å². The van der Waals surface area contributed by atoms with Gasteiger partial charge in [-0.1, -0.05) is 25.0 Å². The minimum absolute atomic E-state index is 0.114. The molecule has 0 aromatic heterocycles. The molecule has 1 saturated carbocycles. The van der Waals surface area contributed by atoms with Crippen LogP contribution in [0.15, 0.2) is 30.3 Å². The van der Waals surface area contributed by atoms with Crippen LogP contribution in [0.1, 0.15) is 31.2 Å². The molecular weight excluding hydrogens is 240 g/mol. The predicted octanol–water partition coefficient (Wildman–Crippen LogP) is 1.70. The van der Waals surface area contributed by atoms with E-state index in [0.717, 1.165) is 31.2 Å². The van der Waals surface area contributed by atoms with Crippen molar-refractivity contribution in [2.75, 3.05) is 5.73 Å². The Balaban J connectivity index is 1.88. The maximum absolute atomic E-state index is 11.8. The molecule has 102 valence electrons. The number of hydrogen-bond acceptors (Lipinski definition) is 3. The van der Waals surface area contributed by atoms with Crippen LogP contribution in [0.5, 0.6) is 0 Å². The lowest BCUT2D eigenvalue weighted by molar-refractivity contribution is -0.118. The van der Waals surface area contributed by atoms with Crippen LogP contribution in [0.25, 0.3) is 6.08 Å². The summed E-state index contributed by atoms with van der Waals surface area (Å²) < 4.78 is 0. The smallest absolute Gasteiger partial charge is 0.244 e. The third kappa shape index (κ3) is 4.10. The highest BCUT2D eigenvalue weighted by atomic mass is 16.3. The van der Waals surface area contributed by atoms with Crippen molar-refractivity contribution in [3.8, 4) is 0 Å². The number of nitrogens with two attached hydrogens (primary N) is 1. The molecule has 2 unspecified atom stereocenters. The molecule has 0 heterocycles. The lowest BCUT2D eigenvalue weighted by Crippen LogP contribution is -2.44. The Labute approximate surface area is 113 Å². The molecule has 4 N–H and O–H groups in total. The summed E-state index contributed by atoms with van der Waals surface area (Å²) in [6.07, 6.45) is 6.53. The molecule has 0 saturated heterocycles. The molecule has 1 aromatic carbocycles. The predicted molar refractivity (Wildman–Crippen MR) is 76.3 cm³/mol. The van der Waals surface area contributed by atoms with Gasteiger partial charge in [0.15, 0.2) is 0 Å². The summed E-state index contributed by atoms with van der Waals surface area (Å²) in [7, 11) is 0. The second kappa shape index (κ2) is 6.38. The summed E-state index contributed by atoms with van der Waals surface area (Å²) >= 11 is 0. The molecule has 1 aliphatic carbocycles. The number of rotatable bonds is 3. The Kier molecular flexibility index (Phi) is 4.58. The Bertz CT molecular complexity index is 454. The zero-order valence-corrected chi connectivity index (χ0v) is 10.9. The first-order valence-corrected chi connectivity index (χ1v) is 6.67. The number of amides is 1. The summed E-state index contributed by atoms with van der Waals surface area (Å²) in [5.41, 5.74) is 7.22. The first kappa shape index (κ1) is 13.6. The Morgan fingerprint density at radius 2 is 1.95 bits per heavy atom. The third-order valence-electron chi connectivity index (χ3n) is 3.42. The van der Waals surface area contributed by atoms with Gasteiger partial charge in [-0.05, 0) is 36.6 Å². The average Bonchev–Trinajstić information content (AvgIpc) is 2.41. The molecule has 1 aromatic rings.